The first-order chi connectivity index (χ1) is 18.4. The molecule has 3 amide bonds. The minimum atomic E-state index is -0.856. The Balaban J connectivity index is 1.60. The van der Waals surface area contributed by atoms with Crippen LogP contribution in [0.2, 0.25) is 0 Å². The van der Waals surface area contributed by atoms with Crippen LogP contribution in [0.5, 0.6) is 0 Å². The van der Waals surface area contributed by atoms with Crippen LogP contribution in [0.4, 0.5) is 0 Å². The third-order valence-corrected chi connectivity index (χ3v) is 10.6. The molecule has 1 spiro atoms. The minimum Gasteiger partial charge on any atom is -0.394 e. The summed E-state index contributed by atoms with van der Waals surface area (Å²) in [5.41, 5.74) is 1.02. The van der Waals surface area contributed by atoms with Gasteiger partial charge in [-0.25, -0.2) is 0 Å². The van der Waals surface area contributed by atoms with E-state index in [1.165, 1.54) is 0 Å². The lowest BCUT2D eigenvalue weighted by molar-refractivity contribution is -0.148. The molecule has 0 bridgehead atoms. The second-order valence-corrected chi connectivity index (χ2v) is 12.5. The molecule has 4 heterocycles. The molecule has 7 nitrogen and oxygen atoms in total. The first kappa shape index (κ1) is 27.0. The van der Waals surface area contributed by atoms with Crippen molar-refractivity contribution in [2.45, 2.75) is 62.2 Å². The fraction of sp³-hybridized carbons (Fsp3) is 0.567. The van der Waals surface area contributed by atoms with Crippen molar-refractivity contribution >= 4 is 29.5 Å². The smallest absolute Gasteiger partial charge is 0.247 e. The molecule has 204 valence electrons. The number of benzene rings is 1. The summed E-state index contributed by atoms with van der Waals surface area (Å²) < 4.78 is -0.856. The molecule has 2 fully saturated rings. The predicted octanol–water partition coefficient (Wildman–Crippen LogP) is 3.10. The Bertz CT molecular complexity index is 1120. The molecule has 0 saturated carbocycles. The molecule has 5 rings (SSSR count). The fourth-order valence-electron chi connectivity index (χ4n) is 6.76. The largest absolute Gasteiger partial charge is 0.394 e. The van der Waals surface area contributed by atoms with E-state index in [1.807, 2.05) is 66.1 Å². The van der Waals surface area contributed by atoms with Crippen LogP contribution in [0.1, 0.15) is 39.2 Å². The van der Waals surface area contributed by atoms with Crippen LogP contribution in [0, 0.1) is 17.8 Å². The highest BCUT2D eigenvalue weighted by molar-refractivity contribution is 8.02. The molecular weight excluding hydrogens is 498 g/mol. The summed E-state index contributed by atoms with van der Waals surface area (Å²) in [5.74, 6) is -1.45. The van der Waals surface area contributed by atoms with Crippen LogP contribution in [0.15, 0.2) is 54.6 Å². The van der Waals surface area contributed by atoms with Crippen molar-refractivity contribution in [2.24, 2.45) is 17.8 Å². The Kier molecular flexibility index (Phi) is 7.74. The van der Waals surface area contributed by atoms with E-state index in [4.69, 9.17) is 0 Å². The highest BCUT2D eigenvalue weighted by atomic mass is 32.2. The standard InChI is InChI=1S/C30H39N3O4S/c1-4-15-31-16-9-13-23-24(27(31)35)25-28(36)33(22(19-34)20(3)5-2)26-29(37)32(17-10-14-30(25,26)38-23)18-21-11-7-6-8-12-21/h6-14,20,22-26,34H,4-5,15-19H2,1-3H3/t20-,22-,23-,24+,25-,26?,30-/m0/s1. The number of amides is 3. The third-order valence-electron chi connectivity index (χ3n) is 8.82. The van der Waals surface area contributed by atoms with Gasteiger partial charge in [0.25, 0.3) is 0 Å². The number of thioether (sulfide) groups is 1. The van der Waals surface area contributed by atoms with Crippen LogP contribution in [-0.4, -0.2) is 85.8 Å². The Morgan fingerprint density at radius 3 is 2.45 bits per heavy atom. The van der Waals surface area contributed by atoms with Gasteiger partial charge in [0, 0.05) is 31.4 Å². The summed E-state index contributed by atoms with van der Waals surface area (Å²) in [5, 5.41) is 10.4. The molecule has 1 unspecified atom stereocenters. The zero-order valence-electron chi connectivity index (χ0n) is 22.5. The van der Waals surface area contributed by atoms with E-state index in [1.54, 1.807) is 16.7 Å². The van der Waals surface area contributed by atoms with Gasteiger partial charge in [-0.2, -0.15) is 0 Å². The van der Waals surface area contributed by atoms with E-state index in [0.717, 1.165) is 18.4 Å². The minimum absolute atomic E-state index is 0.000464. The van der Waals surface area contributed by atoms with Gasteiger partial charge in [0.05, 0.1) is 29.2 Å². The molecule has 7 atom stereocenters. The maximum atomic E-state index is 14.5. The van der Waals surface area contributed by atoms with E-state index < -0.39 is 28.7 Å². The highest BCUT2D eigenvalue weighted by Gasteiger charge is 2.71. The molecule has 4 aliphatic rings. The molecule has 38 heavy (non-hydrogen) atoms. The average Bonchev–Trinajstić information content (AvgIpc) is 3.25. The van der Waals surface area contributed by atoms with Crippen LogP contribution >= 0.6 is 11.8 Å². The molecule has 0 aromatic heterocycles. The van der Waals surface area contributed by atoms with Gasteiger partial charge in [-0.15, -0.1) is 11.8 Å². The van der Waals surface area contributed by atoms with Gasteiger partial charge in [-0.1, -0.05) is 81.8 Å². The lowest BCUT2D eigenvalue weighted by Crippen LogP contribution is -2.57. The SMILES string of the molecule is CCCN1CC=C[C@@H]2S[C@]34C=CCN(Cc5ccccc5)C(=O)C3N([C@@H](CO)[C@@H](C)CC)C(=O)[C@@H]4[C@@H]2C1=O. The van der Waals surface area contributed by atoms with Gasteiger partial charge in [-0.3, -0.25) is 14.4 Å². The average molecular weight is 538 g/mol. The third kappa shape index (κ3) is 4.30. The first-order valence-corrected chi connectivity index (χ1v) is 14.8. The topological polar surface area (TPSA) is 81.2 Å². The number of likely N-dealkylation sites (tertiary alicyclic amines) is 1. The Morgan fingerprint density at radius 1 is 1.03 bits per heavy atom. The number of fused-ring (bicyclic) bond motifs is 2. The number of aliphatic hydroxyl groups excluding tert-OH is 1. The molecule has 1 N–H and O–H groups in total. The highest BCUT2D eigenvalue weighted by Crippen LogP contribution is 2.61. The number of hydrogen-bond acceptors (Lipinski definition) is 5. The summed E-state index contributed by atoms with van der Waals surface area (Å²) in [6.45, 7) is 7.96. The van der Waals surface area contributed by atoms with Gasteiger partial charge in [0.2, 0.25) is 17.7 Å². The number of aliphatic hydroxyl groups is 1. The van der Waals surface area contributed by atoms with E-state index in [2.05, 4.69) is 19.1 Å². The number of rotatable bonds is 8. The maximum absolute atomic E-state index is 14.5. The molecule has 8 heteroatoms. The normalized spacial score (nSPS) is 32.1. The summed E-state index contributed by atoms with van der Waals surface area (Å²) in [4.78, 5) is 48.2. The van der Waals surface area contributed by atoms with Gasteiger partial charge < -0.3 is 19.8 Å². The van der Waals surface area contributed by atoms with Crippen molar-refractivity contribution in [3.8, 4) is 0 Å². The summed E-state index contributed by atoms with van der Waals surface area (Å²) in [6.07, 6.45) is 9.79. The van der Waals surface area contributed by atoms with Crippen molar-refractivity contribution in [2.75, 3.05) is 26.2 Å². The zero-order chi connectivity index (χ0) is 27.0. The monoisotopic (exact) mass is 537 g/mol. The van der Waals surface area contributed by atoms with E-state index in [-0.39, 0.29) is 35.5 Å². The molecule has 0 aliphatic carbocycles. The van der Waals surface area contributed by atoms with Crippen LogP contribution in [0.25, 0.3) is 0 Å². The van der Waals surface area contributed by atoms with Crippen LogP contribution in [0.3, 0.4) is 0 Å². The zero-order valence-corrected chi connectivity index (χ0v) is 23.3. The summed E-state index contributed by atoms with van der Waals surface area (Å²) in [7, 11) is 0. The van der Waals surface area contributed by atoms with Crippen molar-refractivity contribution in [1.82, 2.24) is 14.7 Å². The van der Waals surface area contributed by atoms with Crippen molar-refractivity contribution in [3.05, 3.63) is 60.2 Å². The van der Waals surface area contributed by atoms with Crippen LogP contribution < -0.4 is 0 Å². The first-order valence-electron chi connectivity index (χ1n) is 13.9. The molecule has 1 aromatic carbocycles. The van der Waals surface area contributed by atoms with E-state index in [9.17, 15) is 19.5 Å². The number of hydrogen-bond donors (Lipinski definition) is 1. The molecule has 1 aromatic rings. The van der Waals surface area contributed by atoms with Gasteiger partial charge in [-0.05, 0) is 17.9 Å². The fourth-order valence-corrected chi connectivity index (χ4v) is 8.76. The van der Waals surface area contributed by atoms with E-state index in [0.29, 0.717) is 26.2 Å². The molecule has 2 saturated heterocycles. The van der Waals surface area contributed by atoms with Gasteiger partial charge in [0.15, 0.2) is 0 Å². The van der Waals surface area contributed by atoms with Gasteiger partial charge in [0.1, 0.15) is 6.04 Å². The second-order valence-electron chi connectivity index (χ2n) is 11.0. The van der Waals surface area contributed by atoms with Crippen molar-refractivity contribution < 1.29 is 19.5 Å². The summed E-state index contributed by atoms with van der Waals surface area (Å²) >= 11 is 1.60. The lowest BCUT2D eigenvalue weighted by atomic mass is 9.78. The Morgan fingerprint density at radius 2 is 1.76 bits per heavy atom. The Labute approximate surface area is 229 Å². The lowest BCUT2D eigenvalue weighted by Gasteiger charge is -2.40. The Hall–Kier alpha value is -2.58. The number of nitrogens with zero attached hydrogens (tertiary/aromatic N) is 3. The number of carbonyl (C=O) groups excluding carboxylic acids is 3. The van der Waals surface area contributed by atoms with E-state index >= 15 is 0 Å². The molecule has 4 aliphatic heterocycles. The van der Waals surface area contributed by atoms with Crippen molar-refractivity contribution in [3.63, 3.8) is 0 Å². The van der Waals surface area contributed by atoms with Crippen molar-refractivity contribution in [1.29, 1.82) is 0 Å². The second kappa shape index (κ2) is 10.9. The van der Waals surface area contributed by atoms with Gasteiger partial charge >= 0.3 is 0 Å². The molecular formula is C30H39N3O4S. The molecule has 0 radical (unpaired) electrons. The quantitative estimate of drug-likeness (QED) is 0.516. The summed E-state index contributed by atoms with van der Waals surface area (Å²) in [6, 6.07) is 8.61. The van der Waals surface area contributed by atoms with Crippen LogP contribution in [-0.2, 0) is 20.9 Å². The number of carbonyl (C=O) groups is 3. The predicted molar refractivity (Wildman–Crippen MR) is 149 cm³/mol. The maximum Gasteiger partial charge on any atom is 0.247 e.